The average molecular weight is 835 g/mol. The molecule has 65 heavy (non-hydrogen) atoms. The van der Waals surface area contributed by atoms with Crippen LogP contribution >= 0.6 is 0 Å². The molecular weight excluding hydrogens is 785 g/mol. The fourth-order valence-electron chi connectivity index (χ4n) is 11.7. The molecular formula is C63H50N2. The molecule has 0 heterocycles. The van der Waals surface area contributed by atoms with E-state index >= 15 is 0 Å². The predicted octanol–water partition coefficient (Wildman–Crippen LogP) is 17.1. The maximum atomic E-state index is 2.44. The van der Waals surface area contributed by atoms with Crippen molar-refractivity contribution in [2.45, 2.75) is 47.0 Å². The minimum absolute atomic E-state index is 0.535. The van der Waals surface area contributed by atoms with Crippen LogP contribution in [0.4, 0.5) is 34.1 Å². The van der Waals surface area contributed by atoms with E-state index in [9.17, 15) is 0 Å². The first kappa shape index (κ1) is 39.0. The van der Waals surface area contributed by atoms with E-state index in [1.54, 1.807) is 0 Å². The summed E-state index contributed by atoms with van der Waals surface area (Å²) < 4.78 is 0. The lowest BCUT2D eigenvalue weighted by Gasteiger charge is -2.33. The number of fused-ring (bicyclic) bond motifs is 14. The van der Waals surface area contributed by atoms with Crippen LogP contribution in [0.15, 0.2) is 194 Å². The zero-order valence-corrected chi connectivity index (χ0v) is 37.9. The average Bonchev–Trinajstić information content (AvgIpc) is 3.77. The van der Waals surface area contributed by atoms with Crippen molar-refractivity contribution in [2.75, 3.05) is 9.80 Å². The molecule has 0 aliphatic heterocycles. The number of anilines is 6. The normalized spacial score (nSPS) is 12.9. The molecule has 2 heteroatoms. The molecule has 2 aliphatic rings. The van der Waals surface area contributed by atoms with Gasteiger partial charge in [0.1, 0.15) is 0 Å². The minimum Gasteiger partial charge on any atom is -0.310 e. The summed E-state index contributed by atoms with van der Waals surface area (Å²) in [5, 5.41) is 5.02. The van der Waals surface area contributed by atoms with Crippen LogP contribution in [-0.2, 0) is 5.41 Å². The van der Waals surface area contributed by atoms with Gasteiger partial charge in [-0.3, -0.25) is 0 Å². The monoisotopic (exact) mass is 834 g/mol. The second-order valence-corrected chi connectivity index (χ2v) is 18.6. The standard InChI is InChI=1S/C63H50N2/c1-39-31-40(2)34-49(33-39)64(59-21-13-7-15-43(59)5)47-25-29-51-45(37-47)23-27-55-56-28-24-46-38-48(65(60-22-14-8-16-44(60)6)50-35-41(3)32-42(4)36-50)26-30-52(46)62(56)63(61(51)55)57-19-11-9-17-53(57)54-18-10-12-20-58(54)63/h7-38H,1-6H3. The number of para-hydroxylation sites is 2. The highest BCUT2D eigenvalue weighted by atomic mass is 15.1. The maximum Gasteiger partial charge on any atom is 0.0737 e. The first-order valence-electron chi connectivity index (χ1n) is 22.9. The number of benzene rings is 10. The molecule has 0 saturated heterocycles. The van der Waals surface area contributed by atoms with E-state index < -0.39 is 5.41 Å². The van der Waals surface area contributed by atoms with Gasteiger partial charge in [0.2, 0.25) is 0 Å². The predicted molar refractivity (Wildman–Crippen MR) is 276 cm³/mol. The second kappa shape index (κ2) is 14.7. The molecule has 0 atom stereocenters. The molecule has 0 radical (unpaired) electrons. The van der Waals surface area contributed by atoms with Crippen molar-refractivity contribution < 1.29 is 0 Å². The number of hydrogen-bond donors (Lipinski definition) is 0. The molecule has 0 bridgehead atoms. The van der Waals surface area contributed by atoms with E-state index in [4.69, 9.17) is 0 Å². The van der Waals surface area contributed by atoms with Crippen molar-refractivity contribution in [3.8, 4) is 22.3 Å². The Hall–Kier alpha value is -7.68. The Bertz CT molecular complexity index is 3310. The highest BCUT2D eigenvalue weighted by Crippen LogP contribution is 2.65. The topological polar surface area (TPSA) is 6.48 Å². The van der Waals surface area contributed by atoms with Gasteiger partial charge in [-0.25, -0.2) is 0 Å². The van der Waals surface area contributed by atoms with E-state index in [0.29, 0.717) is 0 Å². The molecule has 312 valence electrons. The molecule has 0 saturated carbocycles. The van der Waals surface area contributed by atoms with Gasteiger partial charge >= 0.3 is 0 Å². The SMILES string of the molecule is Cc1cc(C)cc(N(c2ccc3c4c(ccc3c2)-c2ccc3cc(N(c5cc(C)cc(C)c5)c5ccccc5C)ccc3c2C42c3ccccc3-c3ccccc32)c2ccccc2C)c1. The summed E-state index contributed by atoms with van der Waals surface area (Å²) in [6.45, 7) is 13.2. The van der Waals surface area contributed by atoms with Crippen molar-refractivity contribution in [1.82, 2.24) is 0 Å². The van der Waals surface area contributed by atoms with Gasteiger partial charge in [0.05, 0.1) is 5.41 Å². The van der Waals surface area contributed by atoms with E-state index in [2.05, 4.69) is 245 Å². The Balaban J connectivity index is 1.12. The van der Waals surface area contributed by atoms with Gasteiger partial charge < -0.3 is 9.80 Å². The van der Waals surface area contributed by atoms with Crippen LogP contribution in [0.25, 0.3) is 43.8 Å². The van der Waals surface area contributed by atoms with Crippen LogP contribution in [0.2, 0.25) is 0 Å². The lowest BCUT2D eigenvalue weighted by molar-refractivity contribution is 0.809. The van der Waals surface area contributed by atoms with Crippen molar-refractivity contribution >= 4 is 55.7 Å². The third kappa shape index (κ3) is 5.87. The van der Waals surface area contributed by atoms with Crippen molar-refractivity contribution in [2.24, 2.45) is 0 Å². The molecule has 12 rings (SSSR count). The van der Waals surface area contributed by atoms with E-state index in [1.165, 1.54) is 122 Å². The molecule has 2 aliphatic carbocycles. The molecule has 0 N–H and O–H groups in total. The number of nitrogens with zero attached hydrogens (tertiary/aromatic N) is 2. The number of hydrogen-bond acceptors (Lipinski definition) is 2. The number of aryl methyl sites for hydroxylation is 6. The van der Waals surface area contributed by atoms with Crippen molar-refractivity contribution in [3.63, 3.8) is 0 Å². The quantitative estimate of drug-likeness (QED) is 0.165. The van der Waals surface area contributed by atoms with Crippen LogP contribution in [0.5, 0.6) is 0 Å². The highest BCUT2D eigenvalue weighted by Gasteiger charge is 2.53. The zero-order chi connectivity index (χ0) is 44.1. The van der Waals surface area contributed by atoms with Crippen LogP contribution in [0.1, 0.15) is 55.6 Å². The van der Waals surface area contributed by atoms with E-state index in [0.717, 1.165) is 11.4 Å². The Morgan fingerprint density at radius 1 is 0.308 bits per heavy atom. The van der Waals surface area contributed by atoms with Gasteiger partial charge in [0.15, 0.2) is 0 Å². The van der Waals surface area contributed by atoms with Crippen LogP contribution in [0, 0.1) is 41.5 Å². The summed E-state index contributed by atoms with van der Waals surface area (Å²) in [4.78, 5) is 4.88. The Morgan fingerprint density at radius 2 is 0.692 bits per heavy atom. The van der Waals surface area contributed by atoms with Crippen LogP contribution < -0.4 is 9.80 Å². The zero-order valence-electron chi connectivity index (χ0n) is 37.9. The molecule has 10 aromatic carbocycles. The lowest BCUT2D eigenvalue weighted by atomic mass is 9.68. The summed E-state index contributed by atoms with van der Waals surface area (Å²) in [7, 11) is 0. The molecule has 0 amide bonds. The fraction of sp³-hybridized carbons (Fsp3) is 0.111. The second-order valence-electron chi connectivity index (χ2n) is 18.6. The Kier molecular flexibility index (Phi) is 8.80. The molecule has 10 aromatic rings. The summed E-state index contributed by atoms with van der Waals surface area (Å²) in [6, 6.07) is 73.5. The summed E-state index contributed by atoms with van der Waals surface area (Å²) in [6.07, 6.45) is 0. The van der Waals surface area contributed by atoms with E-state index in [-0.39, 0.29) is 0 Å². The third-order valence-electron chi connectivity index (χ3n) is 14.2. The maximum absolute atomic E-state index is 2.44. The Morgan fingerprint density at radius 3 is 1.11 bits per heavy atom. The first-order chi connectivity index (χ1) is 31.7. The largest absolute Gasteiger partial charge is 0.310 e. The van der Waals surface area contributed by atoms with Crippen molar-refractivity contribution in [3.05, 3.63) is 250 Å². The van der Waals surface area contributed by atoms with Gasteiger partial charge in [-0.05, 0) is 202 Å². The summed E-state index contributed by atoms with van der Waals surface area (Å²) >= 11 is 0. The first-order valence-corrected chi connectivity index (χ1v) is 22.9. The summed E-state index contributed by atoms with van der Waals surface area (Å²) in [5.41, 5.74) is 24.6. The molecule has 2 nitrogen and oxygen atoms in total. The van der Waals surface area contributed by atoms with Gasteiger partial charge in [0, 0.05) is 34.1 Å². The van der Waals surface area contributed by atoms with Crippen molar-refractivity contribution in [1.29, 1.82) is 0 Å². The smallest absolute Gasteiger partial charge is 0.0737 e. The summed E-state index contributed by atoms with van der Waals surface area (Å²) in [5.74, 6) is 0. The van der Waals surface area contributed by atoms with E-state index in [1.807, 2.05) is 0 Å². The molecule has 0 fully saturated rings. The molecule has 0 aromatic heterocycles. The van der Waals surface area contributed by atoms with Crippen LogP contribution in [-0.4, -0.2) is 0 Å². The van der Waals surface area contributed by atoms with Gasteiger partial charge in [-0.15, -0.1) is 0 Å². The minimum atomic E-state index is -0.535. The van der Waals surface area contributed by atoms with Gasteiger partial charge in [-0.2, -0.15) is 0 Å². The van der Waals surface area contributed by atoms with Crippen LogP contribution in [0.3, 0.4) is 0 Å². The Labute approximate surface area is 382 Å². The molecule has 1 spiro atoms. The fourth-order valence-corrected chi connectivity index (χ4v) is 11.7. The highest BCUT2D eigenvalue weighted by molar-refractivity contribution is 6.10. The van der Waals surface area contributed by atoms with Gasteiger partial charge in [-0.1, -0.05) is 133 Å². The lowest BCUT2D eigenvalue weighted by Crippen LogP contribution is -2.26. The number of rotatable bonds is 6. The third-order valence-corrected chi connectivity index (χ3v) is 14.2. The van der Waals surface area contributed by atoms with Gasteiger partial charge in [0.25, 0.3) is 0 Å². The molecule has 0 unspecified atom stereocenters.